The zero-order valence-electron chi connectivity index (χ0n) is 18.7. The molecule has 1 amide bonds. The third-order valence-corrected chi connectivity index (χ3v) is 5.72. The van der Waals surface area contributed by atoms with Crippen LogP contribution in [0.3, 0.4) is 0 Å². The number of carbonyl (C=O) groups excluding carboxylic acids is 1. The minimum Gasteiger partial charge on any atom is -0.490 e. The van der Waals surface area contributed by atoms with Crippen LogP contribution in [0.4, 0.5) is 0 Å². The third-order valence-electron chi connectivity index (χ3n) is 5.49. The van der Waals surface area contributed by atoms with E-state index in [1.54, 1.807) is 29.2 Å². The van der Waals surface area contributed by atoms with E-state index in [1.165, 1.54) is 0 Å². The molecule has 0 saturated heterocycles. The largest absolute Gasteiger partial charge is 0.490 e. The summed E-state index contributed by atoms with van der Waals surface area (Å²) in [6.07, 6.45) is 2.41. The van der Waals surface area contributed by atoms with Gasteiger partial charge in [0.15, 0.2) is 5.43 Å². The number of hydrogen-bond donors (Lipinski definition) is 0. The van der Waals surface area contributed by atoms with Crippen LogP contribution >= 0.6 is 11.6 Å². The standard InChI is InChI=1S/C26H26ClNO5/c1-4-13-32-19-9-6-17(7-10-19)23-22-24(29)20-15-18(27)8-11-21(20)33-25(22)26(30)28(23)12-5-14-31-16(2)3/h4,6-11,15-16,23H,1,5,12-14H2,2-3H3. The molecule has 1 unspecified atom stereocenters. The predicted octanol–water partition coefficient (Wildman–Crippen LogP) is 5.37. The molecule has 0 saturated carbocycles. The Kier molecular flexibility index (Phi) is 6.86. The Morgan fingerprint density at radius 2 is 1.94 bits per heavy atom. The summed E-state index contributed by atoms with van der Waals surface area (Å²) in [6.45, 7) is 8.91. The van der Waals surface area contributed by atoms with Crippen molar-refractivity contribution in [3.63, 3.8) is 0 Å². The lowest BCUT2D eigenvalue weighted by atomic mass is 9.98. The zero-order chi connectivity index (χ0) is 23.5. The van der Waals surface area contributed by atoms with Gasteiger partial charge >= 0.3 is 0 Å². The van der Waals surface area contributed by atoms with Crippen LogP contribution in [0.25, 0.3) is 11.0 Å². The molecule has 6 nitrogen and oxygen atoms in total. The lowest BCUT2D eigenvalue weighted by molar-refractivity contribution is 0.0593. The van der Waals surface area contributed by atoms with E-state index in [-0.39, 0.29) is 23.2 Å². The number of hydrogen-bond acceptors (Lipinski definition) is 5. The molecule has 0 radical (unpaired) electrons. The van der Waals surface area contributed by atoms with Crippen LogP contribution in [0, 0.1) is 0 Å². The minimum atomic E-state index is -0.570. The van der Waals surface area contributed by atoms with Crippen LogP contribution in [0.2, 0.25) is 5.02 Å². The van der Waals surface area contributed by atoms with E-state index in [4.69, 9.17) is 25.5 Å². The fourth-order valence-corrected chi connectivity index (χ4v) is 4.20. The summed E-state index contributed by atoms with van der Waals surface area (Å²) in [4.78, 5) is 28.6. The first-order chi connectivity index (χ1) is 15.9. The average Bonchev–Trinajstić information content (AvgIpc) is 3.08. The summed E-state index contributed by atoms with van der Waals surface area (Å²) in [6, 6.07) is 11.6. The average molecular weight is 468 g/mol. The first-order valence-corrected chi connectivity index (χ1v) is 11.3. The second-order valence-electron chi connectivity index (χ2n) is 8.16. The SMILES string of the molecule is C=CCOc1ccc(C2c3c(oc4ccc(Cl)cc4c3=O)C(=O)N2CCCOC(C)C)cc1. The molecular formula is C26H26ClNO5. The number of fused-ring (bicyclic) bond motifs is 2. The molecule has 1 aromatic heterocycles. The molecule has 1 atom stereocenters. The number of ether oxygens (including phenoxy) is 2. The normalized spacial score (nSPS) is 15.3. The molecule has 0 fully saturated rings. The number of amides is 1. The van der Waals surface area contributed by atoms with Crippen LogP contribution in [0.5, 0.6) is 5.75 Å². The molecule has 1 aliphatic rings. The van der Waals surface area contributed by atoms with Gasteiger partial charge in [0.25, 0.3) is 5.91 Å². The summed E-state index contributed by atoms with van der Waals surface area (Å²) in [5.74, 6) is 0.453. The van der Waals surface area contributed by atoms with Gasteiger partial charge in [-0.2, -0.15) is 0 Å². The highest BCUT2D eigenvalue weighted by Gasteiger charge is 2.42. The van der Waals surface area contributed by atoms with Crippen molar-refractivity contribution >= 4 is 28.5 Å². The van der Waals surface area contributed by atoms with Gasteiger partial charge in [-0.15, -0.1) is 0 Å². The van der Waals surface area contributed by atoms with Gasteiger partial charge in [-0.25, -0.2) is 0 Å². The zero-order valence-corrected chi connectivity index (χ0v) is 19.4. The lowest BCUT2D eigenvalue weighted by Crippen LogP contribution is -2.31. The van der Waals surface area contributed by atoms with E-state index in [0.29, 0.717) is 53.5 Å². The van der Waals surface area contributed by atoms with Crippen molar-refractivity contribution in [2.24, 2.45) is 0 Å². The number of carbonyl (C=O) groups is 1. The monoisotopic (exact) mass is 467 g/mol. The molecule has 2 aromatic carbocycles. The van der Waals surface area contributed by atoms with Crippen LogP contribution < -0.4 is 10.2 Å². The molecule has 0 spiro atoms. The molecule has 0 N–H and O–H groups in total. The number of nitrogens with zero attached hydrogens (tertiary/aromatic N) is 1. The number of benzene rings is 2. The van der Waals surface area contributed by atoms with E-state index >= 15 is 0 Å². The van der Waals surface area contributed by atoms with Gasteiger partial charge in [-0.3, -0.25) is 9.59 Å². The van der Waals surface area contributed by atoms with Crippen molar-refractivity contribution < 1.29 is 18.7 Å². The van der Waals surface area contributed by atoms with Crippen LogP contribution in [-0.4, -0.2) is 36.7 Å². The molecule has 33 heavy (non-hydrogen) atoms. The first-order valence-electron chi connectivity index (χ1n) is 10.9. The molecular weight excluding hydrogens is 442 g/mol. The van der Waals surface area contributed by atoms with Gasteiger partial charge in [-0.1, -0.05) is 36.4 Å². The van der Waals surface area contributed by atoms with Crippen LogP contribution in [-0.2, 0) is 4.74 Å². The Morgan fingerprint density at radius 3 is 2.64 bits per heavy atom. The van der Waals surface area contributed by atoms with Crippen LogP contribution in [0.1, 0.15) is 48.0 Å². The molecule has 1 aliphatic heterocycles. The summed E-state index contributed by atoms with van der Waals surface area (Å²) in [5, 5.41) is 0.789. The summed E-state index contributed by atoms with van der Waals surface area (Å²) < 4.78 is 17.2. The van der Waals surface area contributed by atoms with E-state index in [0.717, 1.165) is 5.56 Å². The molecule has 0 bridgehead atoms. The van der Waals surface area contributed by atoms with E-state index in [1.807, 2.05) is 38.1 Å². The Balaban J connectivity index is 1.77. The maximum absolute atomic E-state index is 13.5. The smallest absolute Gasteiger partial charge is 0.290 e. The first kappa shape index (κ1) is 23.1. The topological polar surface area (TPSA) is 69.0 Å². The molecule has 7 heteroatoms. The fraction of sp³-hybridized carbons (Fsp3) is 0.308. The highest BCUT2D eigenvalue weighted by atomic mass is 35.5. The van der Waals surface area contributed by atoms with Crippen molar-refractivity contribution in [1.29, 1.82) is 0 Å². The molecule has 3 aromatic rings. The molecule has 4 rings (SSSR count). The van der Waals surface area contributed by atoms with Gasteiger partial charge in [0.1, 0.15) is 17.9 Å². The molecule has 2 heterocycles. The highest BCUT2D eigenvalue weighted by Crippen LogP contribution is 2.39. The quantitative estimate of drug-likeness (QED) is 0.312. The van der Waals surface area contributed by atoms with Gasteiger partial charge in [0.05, 0.1) is 23.1 Å². The summed E-state index contributed by atoms with van der Waals surface area (Å²) >= 11 is 6.13. The van der Waals surface area contributed by atoms with Gasteiger partial charge in [0.2, 0.25) is 5.76 Å². The summed E-state index contributed by atoms with van der Waals surface area (Å²) in [7, 11) is 0. The lowest BCUT2D eigenvalue weighted by Gasteiger charge is -2.25. The van der Waals surface area contributed by atoms with Crippen molar-refractivity contribution in [2.75, 3.05) is 19.8 Å². The van der Waals surface area contributed by atoms with E-state index < -0.39 is 6.04 Å². The highest BCUT2D eigenvalue weighted by molar-refractivity contribution is 6.31. The van der Waals surface area contributed by atoms with Crippen molar-refractivity contribution in [1.82, 2.24) is 4.90 Å². The van der Waals surface area contributed by atoms with Gasteiger partial charge < -0.3 is 18.8 Å². The Hall–Kier alpha value is -3.09. The minimum absolute atomic E-state index is 0.0802. The van der Waals surface area contributed by atoms with E-state index in [9.17, 15) is 9.59 Å². The van der Waals surface area contributed by atoms with Gasteiger partial charge in [0, 0.05) is 18.2 Å². The number of rotatable bonds is 9. The fourth-order valence-electron chi connectivity index (χ4n) is 4.03. The maximum Gasteiger partial charge on any atom is 0.290 e. The van der Waals surface area contributed by atoms with Crippen molar-refractivity contribution in [2.45, 2.75) is 32.4 Å². The maximum atomic E-state index is 13.5. The molecule has 0 aliphatic carbocycles. The van der Waals surface area contributed by atoms with Crippen molar-refractivity contribution in [3.05, 3.63) is 87.3 Å². The van der Waals surface area contributed by atoms with Gasteiger partial charge in [-0.05, 0) is 56.2 Å². The number of halogens is 1. The second-order valence-corrected chi connectivity index (χ2v) is 8.59. The molecule has 172 valence electrons. The van der Waals surface area contributed by atoms with E-state index in [2.05, 4.69) is 6.58 Å². The third kappa shape index (κ3) is 4.68. The van der Waals surface area contributed by atoms with Crippen LogP contribution in [0.15, 0.2) is 64.3 Å². The van der Waals surface area contributed by atoms with Crippen molar-refractivity contribution in [3.8, 4) is 5.75 Å². The second kappa shape index (κ2) is 9.81. The predicted molar refractivity (Wildman–Crippen MR) is 128 cm³/mol. The summed E-state index contributed by atoms with van der Waals surface area (Å²) in [5.41, 5.74) is 1.22. The Morgan fingerprint density at radius 1 is 1.18 bits per heavy atom. The Bertz CT molecular complexity index is 1230. The Labute approximate surface area is 197 Å².